The summed E-state index contributed by atoms with van der Waals surface area (Å²) in [6, 6.07) is 1.10. The summed E-state index contributed by atoms with van der Waals surface area (Å²) in [5.74, 6) is -4.50. The highest BCUT2D eigenvalue weighted by atomic mass is 16.4. The number of rotatable bonds is 6. The molecule has 19 heavy (non-hydrogen) atoms. The molecule has 4 N–H and O–H groups in total. The number of hydrogen-bond donors (Lipinski definition) is 4. The molecule has 0 saturated carbocycles. The Morgan fingerprint density at radius 1 is 1.05 bits per heavy atom. The number of unbranched alkanes of at least 4 members (excludes halogenated alkanes) is 2. The first-order chi connectivity index (χ1) is 8.90. The molecule has 0 saturated heterocycles. The number of carboxylic acid groups (broad SMARTS) is 2. The summed E-state index contributed by atoms with van der Waals surface area (Å²) in [4.78, 5) is 22.0. The lowest BCUT2D eigenvalue weighted by Crippen LogP contribution is -2.08. The standard InChI is InChI=1S/C13H16O6/c1-2-3-4-5-7-6-8(14)10(13(18)19)11(15)9(7)12(16)17/h6,14-15H,2-5H2,1H3,(H,16,17)(H,18,19). The maximum atomic E-state index is 11.1. The summed E-state index contributed by atoms with van der Waals surface area (Å²) in [5.41, 5.74) is -0.996. The van der Waals surface area contributed by atoms with Crippen LogP contribution in [0.5, 0.6) is 11.5 Å². The molecule has 1 aromatic carbocycles. The first-order valence-electron chi connectivity index (χ1n) is 5.94. The summed E-state index contributed by atoms with van der Waals surface area (Å²) in [7, 11) is 0. The Kier molecular flexibility index (Phi) is 4.74. The lowest BCUT2D eigenvalue weighted by atomic mass is 9.96. The van der Waals surface area contributed by atoms with Crippen LogP contribution in [0.4, 0.5) is 0 Å². The number of aromatic carboxylic acids is 2. The minimum atomic E-state index is -1.57. The van der Waals surface area contributed by atoms with Gasteiger partial charge in [-0.2, -0.15) is 0 Å². The molecule has 0 radical (unpaired) electrons. The lowest BCUT2D eigenvalue weighted by molar-refractivity contribution is 0.0688. The molecule has 0 bridgehead atoms. The Hall–Kier alpha value is -2.24. The van der Waals surface area contributed by atoms with E-state index < -0.39 is 34.6 Å². The minimum absolute atomic E-state index is 0.237. The van der Waals surface area contributed by atoms with Crippen molar-refractivity contribution in [1.29, 1.82) is 0 Å². The average molecular weight is 268 g/mol. The first-order valence-corrected chi connectivity index (χ1v) is 5.94. The van der Waals surface area contributed by atoms with Crippen molar-refractivity contribution in [1.82, 2.24) is 0 Å². The molecule has 0 aliphatic rings. The van der Waals surface area contributed by atoms with Crippen LogP contribution in [-0.2, 0) is 6.42 Å². The van der Waals surface area contributed by atoms with E-state index in [0.717, 1.165) is 18.9 Å². The van der Waals surface area contributed by atoms with Crippen LogP contribution in [0.25, 0.3) is 0 Å². The van der Waals surface area contributed by atoms with Gasteiger partial charge in [0.05, 0.1) is 0 Å². The van der Waals surface area contributed by atoms with Crippen LogP contribution in [0.1, 0.15) is 52.5 Å². The zero-order valence-corrected chi connectivity index (χ0v) is 10.5. The van der Waals surface area contributed by atoms with Crippen LogP contribution in [0.15, 0.2) is 6.07 Å². The van der Waals surface area contributed by atoms with Crippen molar-refractivity contribution in [3.63, 3.8) is 0 Å². The highest BCUT2D eigenvalue weighted by Crippen LogP contribution is 2.34. The Morgan fingerprint density at radius 3 is 2.11 bits per heavy atom. The van der Waals surface area contributed by atoms with Crippen molar-refractivity contribution in [3.8, 4) is 11.5 Å². The number of carbonyl (C=O) groups is 2. The highest BCUT2D eigenvalue weighted by molar-refractivity contribution is 6.01. The molecule has 0 aromatic heterocycles. The smallest absolute Gasteiger partial charge is 0.343 e. The van der Waals surface area contributed by atoms with E-state index in [1.54, 1.807) is 0 Å². The molecule has 6 nitrogen and oxygen atoms in total. The van der Waals surface area contributed by atoms with Gasteiger partial charge in [-0.3, -0.25) is 0 Å². The van der Waals surface area contributed by atoms with Crippen LogP contribution >= 0.6 is 0 Å². The monoisotopic (exact) mass is 268 g/mol. The molecule has 0 atom stereocenters. The minimum Gasteiger partial charge on any atom is -0.507 e. The van der Waals surface area contributed by atoms with Crippen LogP contribution in [0.3, 0.4) is 0 Å². The van der Waals surface area contributed by atoms with Gasteiger partial charge in [-0.15, -0.1) is 0 Å². The van der Waals surface area contributed by atoms with E-state index in [1.165, 1.54) is 0 Å². The van der Waals surface area contributed by atoms with Crippen LogP contribution in [0, 0.1) is 0 Å². The SMILES string of the molecule is CCCCCc1cc(O)c(C(=O)O)c(O)c1C(=O)O. The normalized spacial score (nSPS) is 10.4. The fourth-order valence-corrected chi connectivity index (χ4v) is 1.92. The molecular weight excluding hydrogens is 252 g/mol. The van der Waals surface area contributed by atoms with E-state index >= 15 is 0 Å². The molecule has 0 unspecified atom stereocenters. The van der Waals surface area contributed by atoms with Crippen molar-refractivity contribution in [2.24, 2.45) is 0 Å². The van der Waals surface area contributed by atoms with Crippen molar-refractivity contribution >= 4 is 11.9 Å². The van der Waals surface area contributed by atoms with Crippen LogP contribution in [0.2, 0.25) is 0 Å². The Bertz CT molecular complexity index is 506. The summed E-state index contributed by atoms with van der Waals surface area (Å²) < 4.78 is 0. The molecule has 0 spiro atoms. The molecule has 6 heteroatoms. The summed E-state index contributed by atoms with van der Waals surface area (Å²) in [5, 5.41) is 37.2. The second kappa shape index (κ2) is 6.08. The molecule has 1 rings (SSSR count). The maximum absolute atomic E-state index is 11.1. The first kappa shape index (κ1) is 14.8. The zero-order chi connectivity index (χ0) is 14.6. The molecule has 0 fully saturated rings. The Labute approximate surface area is 109 Å². The molecule has 0 amide bonds. The quantitative estimate of drug-likeness (QED) is 0.588. The predicted octanol–water partition coefficient (Wildman–Crippen LogP) is 2.23. The van der Waals surface area contributed by atoms with Gasteiger partial charge < -0.3 is 20.4 Å². The van der Waals surface area contributed by atoms with Crippen molar-refractivity contribution < 1.29 is 30.0 Å². The zero-order valence-electron chi connectivity index (χ0n) is 10.5. The van der Waals surface area contributed by atoms with Gasteiger partial charge >= 0.3 is 11.9 Å². The van der Waals surface area contributed by atoms with E-state index in [4.69, 9.17) is 10.2 Å². The van der Waals surface area contributed by atoms with Crippen molar-refractivity contribution in [2.45, 2.75) is 32.6 Å². The van der Waals surface area contributed by atoms with Crippen molar-refractivity contribution in [2.75, 3.05) is 0 Å². The Balaban J connectivity index is 3.31. The molecule has 0 heterocycles. The van der Waals surface area contributed by atoms with Gasteiger partial charge in [0.1, 0.15) is 22.6 Å². The second-order valence-electron chi connectivity index (χ2n) is 4.22. The fraction of sp³-hybridized carbons (Fsp3) is 0.385. The number of hydrogen-bond acceptors (Lipinski definition) is 4. The highest BCUT2D eigenvalue weighted by Gasteiger charge is 2.25. The molecule has 104 valence electrons. The van der Waals surface area contributed by atoms with Gasteiger partial charge in [-0.05, 0) is 24.5 Å². The Morgan fingerprint density at radius 2 is 1.63 bits per heavy atom. The van der Waals surface area contributed by atoms with E-state index in [2.05, 4.69) is 0 Å². The summed E-state index contributed by atoms with van der Waals surface area (Å²) >= 11 is 0. The van der Waals surface area contributed by atoms with Crippen LogP contribution < -0.4 is 0 Å². The second-order valence-corrected chi connectivity index (χ2v) is 4.22. The lowest BCUT2D eigenvalue weighted by Gasteiger charge is -2.11. The van der Waals surface area contributed by atoms with Gasteiger partial charge in [-0.25, -0.2) is 9.59 Å². The van der Waals surface area contributed by atoms with Gasteiger partial charge in [0.15, 0.2) is 0 Å². The summed E-state index contributed by atoms with van der Waals surface area (Å²) in [6.07, 6.45) is 2.87. The third-order valence-electron chi connectivity index (χ3n) is 2.84. The van der Waals surface area contributed by atoms with Crippen molar-refractivity contribution in [3.05, 3.63) is 22.8 Å². The summed E-state index contributed by atoms with van der Waals surface area (Å²) in [6.45, 7) is 1.99. The molecule has 0 aliphatic heterocycles. The van der Waals surface area contributed by atoms with Gasteiger partial charge in [-0.1, -0.05) is 19.8 Å². The van der Waals surface area contributed by atoms with E-state index in [9.17, 15) is 19.8 Å². The maximum Gasteiger partial charge on any atom is 0.343 e. The number of aromatic hydroxyl groups is 2. The number of benzene rings is 1. The van der Waals surface area contributed by atoms with E-state index in [0.29, 0.717) is 12.8 Å². The predicted molar refractivity (Wildman–Crippen MR) is 66.9 cm³/mol. The third-order valence-corrected chi connectivity index (χ3v) is 2.84. The molecule has 1 aromatic rings. The van der Waals surface area contributed by atoms with Gasteiger partial charge in [0, 0.05) is 0 Å². The average Bonchev–Trinajstić information content (AvgIpc) is 2.27. The largest absolute Gasteiger partial charge is 0.507 e. The molecular formula is C13H16O6. The van der Waals surface area contributed by atoms with Gasteiger partial charge in [0.2, 0.25) is 0 Å². The van der Waals surface area contributed by atoms with E-state index in [-0.39, 0.29) is 5.56 Å². The van der Waals surface area contributed by atoms with Gasteiger partial charge in [0.25, 0.3) is 0 Å². The third kappa shape index (κ3) is 3.15. The van der Waals surface area contributed by atoms with E-state index in [1.807, 2.05) is 6.92 Å². The number of carboxylic acids is 2. The molecule has 0 aliphatic carbocycles. The fourth-order valence-electron chi connectivity index (χ4n) is 1.92. The number of phenols is 2. The van der Waals surface area contributed by atoms with Crippen LogP contribution in [-0.4, -0.2) is 32.4 Å². The topological polar surface area (TPSA) is 115 Å². The number of aryl methyl sites for hydroxylation is 1.